The Morgan fingerprint density at radius 2 is 1.83 bits per heavy atom. The zero-order valence-corrected chi connectivity index (χ0v) is 13.5. The van der Waals surface area contributed by atoms with Crippen molar-refractivity contribution in [3.8, 4) is 0 Å². The van der Waals surface area contributed by atoms with Gasteiger partial charge in [-0.1, -0.05) is 23.2 Å². The molecule has 3 rings (SSSR count). The molecule has 1 aromatic carbocycles. The van der Waals surface area contributed by atoms with E-state index in [4.69, 9.17) is 23.2 Å². The summed E-state index contributed by atoms with van der Waals surface area (Å²) in [6.45, 7) is 0.333. The molecule has 1 saturated heterocycles. The third kappa shape index (κ3) is 3.63. The van der Waals surface area contributed by atoms with Gasteiger partial charge < -0.3 is 10.2 Å². The predicted molar refractivity (Wildman–Crippen MR) is 89.8 cm³/mol. The Morgan fingerprint density at radius 3 is 2.48 bits per heavy atom. The molecule has 1 unspecified atom stereocenters. The summed E-state index contributed by atoms with van der Waals surface area (Å²) in [4.78, 5) is 30.1. The number of amides is 2. The minimum Gasteiger partial charge on any atom is -0.312 e. The van der Waals surface area contributed by atoms with Crippen LogP contribution >= 0.6 is 23.2 Å². The fraction of sp³-hybridized carbons (Fsp3) is 0.188. The molecule has 1 fully saturated rings. The number of hydrogen-bond acceptors (Lipinski definition) is 3. The summed E-state index contributed by atoms with van der Waals surface area (Å²) >= 11 is 11.6. The van der Waals surface area contributed by atoms with Gasteiger partial charge in [0.1, 0.15) is 5.82 Å². The molecule has 1 aliphatic rings. The van der Waals surface area contributed by atoms with Crippen LogP contribution in [-0.4, -0.2) is 23.3 Å². The fourth-order valence-electron chi connectivity index (χ4n) is 2.43. The van der Waals surface area contributed by atoms with E-state index in [0.29, 0.717) is 22.4 Å². The van der Waals surface area contributed by atoms with E-state index in [0.717, 1.165) is 5.69 Å². The van der Waals surface area contributed by atoms with E-state index in [1.807, 2.05) is 0 Å². The Kier molecular flexibility index (Phi) is 4.50. The molecule has 1 aromatic heterocycles. The Balaban J connectivity index is 1.68. The van der Waals surface area contributed by atoms with E-state index in [1.54, 1.807) is 41.3 Å². The first-order valence-electron chi connectivity index (χ1n) is 7.01. The van der Waals surface area contributed by atoms with Crippen LogP contribution in [0.2, 0.25) is 10.0 Å². The molecule has 0 aliphatic carbocycles. The second kappa shape index (κ2) is 6.56. The molecule has 1 atom stereocenters. The van der Waals surface area contributed by atoms with Gasteiger partial charge in [0.15, 0.2) is 0 Å². The summed E-state index contributed by atoms with van der Waals surface area (Å²) in [7, 11) is 0. The van der Waals surface area contributed by atoms with E-state index < -0.39 is 5.92 Å². The highest BCUT2D eigenvalue weighted by Gasteiger charge is 2.35. The Hall–Kier alpha value is -2.11. The van der Waals surface area contributed by atoms with Gasteiger partial charge in [-0.2, -0.15) is 0 Å². The van der Waals surface area contributed by atoms with E-state index >= 15 is 0 Å². The van der Waals surface area contributed by atoms with Crippen molar-refractivity contribution in [1.82, 2.24) is 4.98 Å². The molecule has 0 bridgehead atoms. The van der Waals surface area contributed by atoms with Crippen LogP contribution in [0.25, 0.3) is 0 Å². The van der Waals surface area contributed by atoms with Crippen LogP contribution in [0, 0.1) is 5.92 Å². The molecule has 0 radical (unpaired) electrons. The molecule has 1 N–H and O–H groups in total. The minimum atomic E-state index is -0.421. The van der Waals surface area contributed by atoms with Crippen LogP contribution in [0.5, 0.6) is 0 Å². The van der Waals surface area contributed by atoms with Crippen LogP contribution in [0.4, 0.5) is 11.5 Å². The number of rotatable bonds is 3. The number of pyridine rings is 1. The lowest BCUT2D eigenvalue weighted by Gasteiger charge is -2.16. The normalized spacial score (nSPS) is 17.4. The second-order valence-corrected chi connectivity index (χ2v) is 6.11. The predicted octanol–water partition coefficient (Wildman–Crippen LogP) is 3.38. The average molecular weight is 350 g/mol. The molecular weight excluding hydrogens is 337 g/mol. The molecule has 0 saturated carbocycles. The molecule has 2 aromatic rings. The van der Waals surface area contributed by atoms with Crippen LogP contribution in [0.1, 0.15) is 6.42 Å². The Morgan fingerprint density at radius 1 is 1.13 bits per heavy atom. The van der Waals surface area contributed by atoms with Gasteiger partial charge in [-0.3, -0.25) is 9.59 Å². The highest BCUT2D eigenvalue weighted by molar-refractivity contribution is 6.30. The van der Waals surface area contributed by atoms with Gasteiger partial charge in [-0.05, 0) is 36.4 Å². The average Bonchev–Trinajstić information content (AvgIpc) is 2.92. The molecule has 2 amide bonds. The fourth-order valence-corrected chi connectivity index (χ4v) is 2.67. The summed E-state index contributed by atoms with van der Waals surface area (Å²) in [5.41, 5.74) is 0.735. The van der Waals surface area contributed by atoms with Crippen molar-refractivity contribution in [2.45, 2.75) is 6.42 Å². The highest BCUT2D eigenvalue weighted by atomic mass is 35.5. The van der Waals surface area contributed by atoms with Crippen molar-refractivity contribution < 1.29 is 9.59 Å². The van der Waals surface area contributed by atoms with Gasteiger partial charge in [0.05, 0.1) is 10.9 Å². The largest absolute Gasteiger partial charge is 0.312 e. The number of nitrogens with one attached hydrogen (secondary N) is 1. The number of halogens is 2. The summed E-state index contributed by atoms with van der Waals surface area (Å²) in [6, 6.07) is 10.2. The van der Waals surface area contributed by atoms with Crippen molar-refractivity contribution in [2.75, 3.05) is 16.8 Å². The third-order valence-electron chi connectivity index (χ3n) is 3.61. The maximum Gasteiger partial charge on any atom is 0.230 e. The van der Waals surface area contributed by atoms with Crippen LogP contribution in [-0.2, 0) is 9.59 Å². The lowest BCUT2D eigenvalue weighted by molar-refractivity contribution is -0.122. The molecule has 23 heavy (non-hydrogen) atoms. The molecule has 2 heterocycles. The van der Waals surface area contributed by atoms with Gasteiger partial charge in [0.25, 0.3) is 0 Å². The van der Waals surface area contributed by atoms with E-state index in [2.05, 4.69) is 10.3 Å². The first-order valence-corrected chi connectivity index (χ1v) is 7.77. The lowest BCUT2D eigenvalue weighted by atomic mass is 10.1. The van der Waals surface area contributed by atoms with Crippen LogP contribution < -0.4 is 10.2 Å². The number of carbonyl (C=O) groups is 2. The second-order valence-electron chi connectivity index (χ2n) is 5.23. The summed E-state index contributed by atoms with van der Waals surface area (Å²) in [6.07, 6.45) is 1.62. The number of aromatic nitrogens is 1. The zero-order valence-electron chi connectivity index (χ0n) is 12.0. The van der Waals surface area contributed by atoms with Crippen molar-refractivity contribution in [3.05, 3.63) is 52.6 Å². The standard InChI is InChI=1S/C16H13Cl2N3O2/c17-11-1-4-13(5-2-11)21-9-10(7-15(21)22)16(23)20-14-6-3-12(18)8-19-14/h1-6,8,10H,7,9H2,(H,19,20,23). The summed E-state index contributed by atoms with van der Waals surface area (Å²) in [5, 5.41) is 3.80. The number of anilines is 2. The van der Waals surface area contributed by atoms with E-state index in [-0.39, 0.29) is 18.2 Å². The summed E-state index contributed by atoms with van der Waals surface area (Å²) in [5.74, 6) is -0.325. The molecule has 0 spiro atoms. The molecule has 7 heteroatoms. The van der Waals surface area contributed by atoms with Gasteiger partial charge in [0.2, 0.25) is 11.8 Å². The maximum absolute atomic E-state index is 12.3. The van der Waals surface area contributed by atoms with Crippen molar-refractivity contribution in [3.63, 3.8) is 0 Å². The monoisotopic (exact) mass is 349 g/mol. The quantitative estimate of drug-likeness (QED) is 0.923. The van der Waals surface area contributed by atoms with Gasteiger partial charge in [0, 0.05) is 29.9 Å². The molecule has 118 valence electrons. The first kappa shape index (κ1) is 15.8. The van der Waals surface area contributed by atoms with Crippen molar-refractivity contribution >= 4 is 46.5 Å². The van der Waals surface area contributed by atoms with Gasteiger partial charge in [-0.15, -0.1) is 0 Å². The number of hydrogen-bond donors (Lipinski definition) is 1. The highest BCUT2D eigenvalue weighted by Crippen LogP contribution is 2.27. The Labute approximate surface area is 143 Å². The summed E-state index contributed by atoms with van der Waals surface area (Å²) < 4.78 is 0. The molecular formula is C16H13Cl2N3O2. The van der Waals surface area contributed by atoms with Crippen LogP contribution in [0.3, 0.4) is 0 Å². The molecule has 5 nitrogen and oxygen atoms in total. The zero-order chi connectivity index (χ0) is 16.4. The number of carbonyl (C=O) groups excluding carboxylic acids is 2. The molecule has 1 aliphatic heterocycles. The lowest BCUT2D eigenvalue weighted by Crippen LogP contribution is -2.28. The van der Waals surface area contributed by atoms with Gasteiger partial charge in [-0.25, -0.2) is 4.98 Å². The topological polar surface area (TPSA) is 62.3 Å². The van der Waals surface area contributed by atoms with Gasteiger partial charge >= 0.3 is 0 Å². The SMILES string of the molecule is O=C(Nc1ccc(Cl)cn1)C1CC(=O)N(c2ccc(Cl)cc2)C1. The minimum absolute atomic E-state index is 0.0865. The van der Waals surface area contributed by atoms with Crippen molar-refractivity contribution in [2.24, 2.45) is 5.92 Å². The van der Waals surface area contributed by atoms with Crippen LogP contribution in [0.15, 0.2) is 42.6 Å². The third-order valence-corrected chi connectivity index (χ3v) is 4.09. The first-order chi connectivity index (χ1) is 11.0. The smallest absolute Gasteiger partial charge is 0.230 e. The van der Waals surface area contributed by atoms with E-state index in [9.17, 15) is 9.59 Å². The van der Waals surface area contributed by atoms with E-state index in [1.165, 1.54) is 6.20 Å². The number of benzene rings is 1. The maximum atomic E-state index is 12.3. The Bertz CT molecular complexity index is 732. The van der Waals surface area contributed by atoms with Crippen molar-refractivity contribution in [1.29, 1.82) is 0 Å². The number of nitrogens with zero attached hydrogens (tertiary/aromatic N) is 2.